The smallest absolute Gasteiger partial charge is 0.266 e. The second-order valence-corrected chi connectivity index (χ2v) is 8.49. The van der Waals surface area contributed by atoms with Gasteiger partial charge in [0, 0.05) is 5.69 Å². The molecule has 0 spiro atoms. The molecule has 0 saturated heterocycles. The number of rotatable bonds is 5. The third-order valence-corrected chi connectivity index (χ3v) is 5.98. The van der Waals surface area contributed by atoms with E-state index < -0.39 is 0 Å². The summed E-state index contributed by atoms with van der Waals surface area (Å²) in [6.07, 6.45) is 0. The van der Waals surface area contributed by atoms with Gasteiger partial charge in [-0.1, -0.05) is 53.7 Å². The average Bonchev–Trinajstić information content (AvgIpc) is 2.76. The third kappa shape index (κ3) is 4.54. The number of benzene rings is 3. The van der Waals surface area contributed by atoms with E-state index in [0.29, 0.717) is 16.1 Å². The zero-order chi connectivity index (χ0) is 22.0. The normalized spacial score (nSPS) is 10.9. The molecule has 0 atom stereocenters. The lowest BCUT2D eigenvalue weighted by Crippen LogP contribution is -2.23. The lowest BCUT2D eigenvalue weighted by atomic mass is 10.1. The predicted octanol–water partition coefficient (Wildman–Crippen LogP) is 5.04. The van der Waals surface area contributed by atoms with Gasteiger partial charge in [-0.2, -0.15) is 0 Å². The Labute approximate surface area is 185 Å². The molecular formula is C25H23N3O2S. The Kier molecular flexibility index (Phi) is 5.91. The lowest BCUT2D eigenvalue weighted by molar-refractivity contribution is -0.113. The van der Waals surface area contributed by atoms with E-state index in [0.717, 1.165) is 28.1 Å². The number of thioether (sulfide) groups is 1. The van der Waals surface area contributed by atoms with Crippen LogP contribution in [0.25, 0.3) is 16.6 Å². The lowest BCUT2D eigenvalue weighted by Gasteiger charge is -2.14. The summed E-state index contributed by atoms with van der Waals surface area (Å²) in [6, 6.07) is 20.9. The van der Waals surface area contributed by atoms with Gasteiger partial charge in [0.15, 0.2) is 5.16 Å². The minimum atomic E-state index is -0.146. The Balaban J connectivity index is 1.67. The highest BCUT2D eigenvalue weighted by atomic mass is 32.2. The number of nitrogens with one attached hydrogen (secondary N) is 1. The van der Waals surface area contributed by atoms with Gasteiger partial charge in [0.05, 0.1) is 22.3 Å². The topological polar surface area (TPSA) is 64.0 Å². The fourth-order valence-electron chi connectivity index (χ4n) is 3.32. The average molecular weight is 430 g/mol. The fourth-order valence-corrected chi connectivity index (χ4v) is 4.13. The van der Waals surface area contributed by atoms with E-state index in [1.165, 1.54) is 11.8 Å². The van der Waals surface area contributed by atoms with E-state index in [1.807, 2.05) is 81.4 Å². The fraction of sp³-hybridized carbons (Fsp3) is 0.160. The van der Waals surface area contributed by atoms with Gasteiger partial charge in [0.25, 0.3) is 5.56 Å². The first-order valence-corrected chi connectivity index (χ1v) is 11.0. The number of fused-ring (bicyclic) bond motifs is 1. The summed E-state index contributed by atoms with van der Waals surface area (Å²) in [7, 11) is 0. The molecule has 1 heterocycles. The van der Waals surface area contributed by atoms with Crippen molar-refractivity contribution in [3.8, 4) is 5.69 Å². The van der Waals surface area contributed by atoms with Crippen LogP contribution in [0.4, 0.5) is 5.69 Å². The predicted molar refractivity (Wildman–Crippen MR) is 127 cm³/mol. The largest absolute Gasteiger partial charge is 0.325 e. The molecule has 0 unspecified atom stereocenters. The molecule has 0 bridgehead atoms. The summed E-state index contributed by atoms with van der Waals surface area (Å²) in [6.45, 7) is 5.95. The van der Waals surface area contributed by atoms with E-state index in [1.54, 1.807) is 10.6 Å². The number of nitrogens with zero attached hydrogens (tertiary/aromatic N) is 2. The number of amides is 1. The zero-order valence-electron chi connectivity index (χ0n) is 17.7. The summed E-state index contributed by atoms with van der Waals surface area (Å²) in [5.74, 6) is 0.000810. The highest BCUT2D eigenvalue weighted by Gasteiger charge is 2.15. The van der Waals surface area contributed by atoms with Crippen LogP contribution in [-0.2, 0) is 4.79 Å². The van der Waals surface area contributed by atoms with Gasteiger partial charge < -0.3 is 5.32 Å². The van der Waals surface area contributed by atoms with Gasteiger partial charge in [-0.05, 0) is 62.2 Å². The zero-order valence-corrected chi connectivity index (χ0v) is 18.5. The molecule has 0 saturated carbocycles. The summed E-state index contributed by atoms with van der Waals surface area (Å²) in [5, 5.41) is 4.00. The van der Waals surface area contributed by atoms with Gasteiger partial charge in [-0.15, -0.1) is 0 Å². The maximum absolute atomic E-state index is 13.3. The molecule has 5 nitrogen and oxygen atoms in total. The van der Waals surface area contributed by atoms with Crippen LogP contribution in [0.5, 0.6) is 0 Å². The van der Waals surface area contributed by atoms with Gasteiger partial charge in [-0.25, -0.2) is 4.98 Å². The van der Waals surface area contributed by atoms with Gasteiger partial charge in [-0.3, -0.25) is 14.2 Å². The molecular weight excluding hydrogens is 406 g/mol. The highest BCUT2D eigenvalue weighted by molar-refractivity contribution is 7.99. The maximum Gasteiger partial charge on any atom is 0.266 e. The summed E-state index contributed by atoms with van der Waals surface area (Å²) in [5.41, 5.74) is 5.19. The van der Waals surface area contributed by atoms with Crippen molar-refractivity contribution in [1.82, 2.24) is 9.55 Å². The number of carbonyl (C=O) groups excluding carboxylic acids is 1. The molecule has 0 aliphatic heterocycles. The SMILES string of the molecule is Cc1ccc(-n2c(SCC(=O)Nc3cc(C)ccc3C)nc3ccccc3c2=O)cc1. The van der Waals surface area contributed by atoms with Crippen molar-refractivity contribution >= 4 is 34.3 Å². The Hall–Kier alpha value is -3.38. The number of aromatic nitrogens is 2. The van der Waals surface area contributed by atoms with Crippen LogP contribution in [-0.4, -0.2) is 21.2 Å². The molecule has 0 fully saturated rings. The van der Waals surface area contributed by atoms with Crippen LogP contribution in [0.15, 0.2) is 76.7 Å². The molecule has 3 aromatic carbocycles. The Bertz CT molecular complexity index is 1330. The van der Waals surface area contributed by atoms with E-state index in [2.05, 4.69) is 5.32 Å². The minimum absolute atomic E-state index is 0.142. The molecule has 0 aliphatic rings. The molecule has 156 valence electrons. The molecule has 1 aromatic heterocycles. The molecule has 1 amide bonds. The first-order valence-electron chi connectivity index (χ1n) is 10.0. The Morgan fingerprint density at radius 3 is 2.45 bits per heavy atom. The maximum atomic E-state index is 13.3. The molecule has 6 heteroatoms. The van der Waals surface area contributed by atoms with Crippen molar-refractivity contribution in [3.05, 3.63) is 93.8 Å². The summed E-state index contributed by atoms with van der Waals surface area (Å²) < 4.78 is 1.58. The minimum Gasteiger partial charge on any atom is -0.325 e. The second-order valence-electron chi connectivity index (χ2n) is 7.54. The molecule has 0 radical (unpaired) electrons. The number of hydrogen-bond donors (Lipinski definition) is 1. The van der Waals surface area contributed by atoms with E-state index in [-0.39, 0.29) is 17.2 Å². The number of anilines is 1. The van der Waals surface area contributed by atoms with Crippen molar-refractivity contribution < 1.29 is 4.79 Å². The van der Waals surface area contributed by atoms with Gasteiger partial charge >= 0.3 is 0 Å². The van der Waals surface area contributed by atoms with Crippen LogP contribution in [0.2, 0.25) is 0 Å². The first kappa shape index (κ1) is 20.9. The summed E-state index contributed by atoms with van der Waals surface area (Å²) in [4.78, 5) is 30.6. The molecule has 4 aromatic rings. The highest BCUT2D eigenvalue weighted by Crippen LogP contribution is 2.23. The number of carbonyl (C=O) groups is 1. The monoisotopic (exact) mass is 429 g/mol. The van der Waals surface area contributed by atoms with Crippen molar-refractivity contribution in [2.45, 2.75) is 25.9 Å². The van der Waals surface area contributed by atoms with Crippen molar-refractivity contribution in [2.75, 3.05) is 11.1 Å². The standard InChI is InChI=1S/C25H23N3O2S/c1-16-9-12-19(13-10-16)28-24(30)20-6-4-5-7-21(20)27-25(28)31-15-23(29)26-22-14-17(2)8-11-18(22)3/h4-14H,15H2,1-3H3,(H,26,29). The third-order valence-electron chi connectivity index (χ3n) is 5.04. The second kappa shape index (κ2) is 8.78. The first-order chi connectivity index (χ1) is 14.9. The van der Waals surface area contributed by atoms with Crippen LogP contribution in [0, 0.1) is 20.8 Å². The van der Waals surface area contributed by atoms with E-state index >= 15 is 0 Å². The van der Waals surface area contributed by atoms with Crippen LogP contribution >= 0.6 is 11.8 Å². The van der Waals surface area contributed by atoms with Crippen LogP contribution in [0.1, 0.15) is 16.7 Å². The van der Waals surface area contributed by atoms with Crippen molar-refractivity contribution in [2.24, 2.45) is 0 Å². The molecule has 4 rings (SSSR count). The Morgan fingerprint density at radius 2 is 1.68 bits per heavy atom. The molecule has 31 heavy (non-hydrogen) atoms. The van der Waals surface area contributed by atoms with Gasteiger partial charge in [0.2, 0.25) is 5.91 Å². The molecule has 0 aliphatic carbocycles. The van der Waals surface area contributed by atoms with Crippen LogP contribution < -0.4 is 10.9 Å². The van der Waals surface area contributed by atoms with Gasteiger partial charge in [0.1, 0.15) is 0 Å². The Morgan fingerprint density at radius 1 is 0.968 bits per heavy atom. The van der Waals surface area contributed by atoms with E-state index in [9.17, 15) is 9.59 Å². The quantitative estimate of drug-likeness (QED) is 0.356. The number of aryl methyl sites for hydroxylation is 3. The molecule has 1 N–H and O–H groups in total. The summed E-state index contributed by atoms with van der Waals surface area (Å²) >= 11 is 1.25. The number of hydrogen-bond acceptors (Lipinski definition) is 4. The van der Waals surface area contributed by atoms with Crippen molar-refractivity contribution in [1.29, 1.82) is 0 Å². The van der Waals surface area contributed by atoms with Crippen molar-refractivity contribution in [3.63, 3.8) is 0 Å². The van der Waals surface area contributed by atoms with E-state index in [4.69, 9.17) is 4.98 Å². The number of para-hydroxylation sites is 1. The van der Waals surface area contributed by atoms with Crippen LogP contribution in [0.3, 0.4) is 0 Å².